The molecule has 2 N–H and O–H groups in total. The second-order valence-electron chi connectivity index (χ2n) is 5.94. The Hall–Kier alpha value is -1.73. The molecule has 2 heterocycles. The maximum Gasteiger partial charge on any atom is 0.262 e. The van der Waals surface area contributed by atoms with Crippen molar-refractivity contribution in [3.63, 3.8) is 0 Å². The van der Waals surface area contributed by atoms with Gasteiger partial charge in [0, 0.05) is 19.0 Å². The monoisotopic (exact) mass is 337 g/mol. The van der Waals surface area contributed by atoms with E-state index < -0.39 is 0 Å². The Balaban J connectivity index is 2.31. The van der Waals surface area contributed by atoms with Crippen LogP contribution in [0.1, 0.15) is 41.9 Å². The summed E-state index contributed by atoms with van der Waals surface area (Å²) in [7, 11) is 1.64. The van der Waals surface area contributed by atoms with Gasteiger partial charge < -0.3 is 15.0 Å². The summed E-state index contributed by atoms with van der Waals surface area (Å²) in [5.74, 6) is -0.215. The largest absolute Gasteiger partial charge is 0.396 e. The Morgan fingerprint density at radius 1 is 1.43 bits per heavy atom. The van der Waals surface area contributed by atoms with Gasteiger partial charge in [0.1, 0.15) is 4.83 Å². The number of thiophene rings is 1. The summed E-state index contributed by atoms with van der Waals surface area (Å²) in [6.45, 7) is 6.23. The number of aromatic nitrogens is 2. The lowest BCUT2D eigenvalue weighted by Gasteiger charge is -2.29. The summed E-state index contributed by atoms with van der Waals surface area (Å²) < 4.78 is 1.41. The van der Waals surface area contributed by atoms with E-state index >= 15 is 0 Å². The number of aryl methyl sites for hydroxylation is 2. The molecule has 0 aliphatic heterocycles. The highest BCUT2D eigenvalue weighted by molar-refractivity contribution is 7.20. The third-order valence-electron chi connectivity index (χ3n) is 4.68. The summed E-state index contributed by atoms with van der Waals surface area (Å²) in [6.07, 6.45) is 3.04. The fourth-order valence-electron chi connectivity index (χ4n) is 2.55. The fourth-order valence-corrected chi connectivity index (χ4v) is 3.61. The lowest BCUT2D eigenvalue weighted by Crippen LogP contribution is -2.39. The van der Waals surface area contributed by atoms with Gasteiger partial charge in [0.05, 0.1) is 23.2 Å². The molecule has 2 rings (SSSR count). The summed E-state index contributed by atoms with van der Waals surface area (Å²) >= 11 is 1.23. The van der Waals surface area contributed by atoms with E-state index in [-0.39, 0.29) is 23.5 Å². The number of aliphatic hydroxyl groups is 1. The Kier molecular flexibility index (Phi) is 5.21. The van der Waals surface area contributed by atoms with Crippen LogP contribution in [0.25, 0.3) is 10.2 Å². The van der Waals surface area contributed by atoms with E-state index in [1.807, 2.05) is 13.8 Å². The highest BCUT2D eigenvalue weighted by atomic mass is 32.1. The van der Waals surface area contributed by atoms with Gasteiger partial charge in [-0.3, -0.25) is 9.59 Å². The van der Waals surface area contributed by atoms with Crippen molar-refractivity contribution in [1.82, 2.24) is 14.9 Å². The second-order valence-corrected chi connectivity index (χ2v) is 6.94. The molecule has 0 atom stereocenters. The van der Waals surface area contributed by atoms with Gasteiger partial charge in [-0.1, -0.05) is 13.8 Å². The van der Waals surface area contributed by atoms with Crippen LogP contribution in [0.2, 0.25) is 0 Å². The Bertz CT molecular complexity index is 766. The number of fused-ring (bicyclic) bond motifs is 1. The zero-order valence-corrected chi connectivity index (χ0v) is 14.8. The van der Waals surface area contributed by atoms with E-state index in [1.54, 1.807) is 14.0 Å². The number of hydrogen-bond donors (Lipinski definition) is 2. The molecule has 0 unspecified atom stereocenters. The summed E-state index contributed by atoms with van der Waals surface area (Å²) in [5, 5.41) is 13.0. The minimum absolute atomic E-state index is 0.0355. The first-order chi connectivity index (χ1) is 10.9. The Morgan fingerprint density at radius 2 is 2.09 bits per heavy atom. The minimum Gasteiger partial charge on any atom is -0.396 e. The van der Waals surface area contributed by atoms with Crippen LogP contribution in [0.4, 0.5) is 0 Å². The molecule has 126 valence electrons. The quantitative estimate of drug-likeness (QED) is 0.842. The second kappa shape index (κ2) is 6.80. The normalized spacial score (nSPS) is 11.9. The maximum absolute atomic E-state index is 12.5. The number of amides is 1. The van der Waals surface area contributed by atoms with Crippen LogP contribution in [0.3, 0.4) is 0 Å². The van der Waals surface area contributed by atoms with Crippen molar-refractivity contribution in [2.24, 2.45) is 12.5 Å². The molecule has 23 heavy (non-hydrogen) atoms. The number of rotatable bonds is 6. The van der Waals surface area contributed by atoms with E-state index in [0.29, 0.717) is 27.2 Å². The number of hydrogen-bond acceptors (Lipinski definition) is 5. The van der Waals surface area contributed by atoms with Crippen molar-refractivity contribution in [3.8, 4) is 0 Å². The minimum atomic E-state index is -0.297. The van der Waals surface area contributed by atoms with Crippen molar-refractivity contribution >= 4 is 27.5 Å². The molecular formula is C16H23N3O3S. The highest BCUT2D eigenvalue weighted by Gasteiger charge is 2.27. The lowest BCUT2D eigenvalue weighted by atomic mass is 9.83. The molecule has 0 fully saturated rings. The van der Waals surface area contributed by atoms with Crippen molar-refractivity contribution in [1.29, 1.82) is 0 Å². The smallest absolute Gasteiger partial charge is 0.262 e. The third-order valence-corrected chi connectivity index (χ3v) is 5.87. The molecule has 0 aromatic carbocycles. The fraction of sp³-hybridized carbons (Fsp3) is 0.562. The summed E-state index contributed by atoms with van der Waals surface area (Å²) in [4.78, 5) is 30.0. The standard InChI is InChI=1S/C16H23N3O3S/c1-5-16(6-2,8-20)7-17-13(21)12-10(3)11-14(23-12)18-9-19(4)15(11)22/h9,20H,5-8H2,1-4H3,(H,17,21). The molecule has 6 nitrogen and oxygen atoms in total. The number of nitrogens with zero attached hydrogens (tertiary/aromatic N) is 2. The first kappa shape index (κ1) is 17.6. The van der Waals surface area contributed by atoms with Gasteiger partial charge >= 0.3 is 0 Å². The van der Waals surface area contributed by atoms with Crippen molar-refractivity contribution < 1.29 is 9.90 Å². The molecular weight excluding hydrogens is 314 g/mol. The van der Waals surface area contributed by atoms with Crippen LogP contribution in [0, 0.1) is 12.3 Å². The van der Waals surface area contributed by atoms with E-state index in [9.17, 15) is 14.7 Å². The van der Waals surface area contributed by atoms with Gasteiger partial charge in [0.25, 0.3) is 11.5 Å². The van der Waals surface area contributed by atoms with Crippen molar-refractivity contribution in [2.75, 3.05) is 13.2 Å². The van der Waals surface area contributed by atoms with Gasteiger partial charge in [-0.25, -0.2) is 4.98 Å². The zero-order valence-electron chi connectivity index (χ0n) is 14.0. The van der Waals surface area contributed by atoms with E-state index in [1.165, 1.54) is 22.2 Å². The third kappa shape index (κ3) is 3.16. The number of carbonyl (C=O) groups excluding carboxylic acids is 1. The molecule has 0 bridgehead atoms. The molecule has 2 aromatic heterocycles. The summed E-state index contributed by atoms with van der Waals surface area (Å²) in [5.41, 5.74) is 0.225. The van der Waals surface area contributed by atoms with E-state index in [4.69, 9.17) is 0 Å². The molecule has 0 aliphatic carbocycles. The van der Waals surface area contributed by atoms with Crippen LogP contribution in [0.15, 0.2) is 11.1 Å². The van der Waals surface area contributed by atoms with Gasteiger partial charge in [0.15, 0.2) is 0 Å². The Labute approximate surface area is 139 Å². The molecule has 0 spiro atoms. The number of carbonyl (C=O) groups is 1. The molecule has 0 aliphatic rings. The van der Waals surface area contributed by atoms with Crippen LogP contribution in [-0.2, 0) is 7.05 Å². The van der Waals surface area contributed by atoms with E-state index in [0.717, 1.165) is 12.8 Å². The van der Waals surface area contributed by atoms with Crippen LogP contribution in [0.5, 0.6) is 0 Å². The number of nitrogens with one attached hydrogen (secondary N) is 1. The average molecular weight is 337 g/mol. The topological polar surface area (TPSA) is 84.2 Å². The van der Waals surface area contributed by atoms with Crippen molar-refractivity contribution in [2.45, 2.75) is 33.6 Å². The van der Waals surface area contributed by atoms with Gasteiger partial charge in [-0.15, -0.1) is 11.3 Å². The molecule has 0 saturated carbocycles. The molecule has 0 radical (unpaired) electrons. The SMILES string of the molecule is CCC(CC)(CO)CNC(=O)c1sc2ncn(C)c(=O)c2c1C. The van der Waals surface area contributed by atoms with Gasteiger partial charge in [0.2, 0.25) is 0 Å². The van der Waals surface area contributed by atoms with Gasteiger partial charge in [-0.05, 0) is 25.3 Å². The lowest BCUT2D eigenvalue weighted by molar-refractivity contribution is 0.0854. The maximum atomic E-state index is 12.5. The zero-order chi connectivity index (χ0) is 17.2. The first-order valence-electron chi connectivity index (χ1n) is 7.73. The van der Waals surface area contributed by atoms with Crippen LogP contribution in [-0.4, -0.2) is 33.7 Å². The van der Waals surface area contributed by atoms with Crippen molar-refractivity contribution in [3.05, 3.63) is 27.1 Å². The molecule has 2 aromatic rings. The predicted molar refractivity (Wildman–Crippen MR) is 92.0 cm³/mol. The molecule has 1 amide bonds. The Morgan fingerprint density at radius 3 is 2.65 bits per heavy atom. The summed E-state index contributed by atoms with van der Waals surface area (Å²) in [6, 6.07) is 0. The number of aliphatic hydroxyl groups excluding tert-OH is 1. The first-order valence-corrected chi connectivity index (χ1v) is 8.54. The van der Waals surface area contributed by atoms with Crippen LogP contribution >= 0.6 is 11.3 Å². The van der Waals surface area contributed by atoms with Gasteiger partial charge in [-0.2, -0.15) is 0 Å². The predicted octanol–water partition coefficient (Wildman–Crippen LogP) is 1.83. The molecule has 7 heteroatoms. The van der Waals surface area contributed by atoms with Crippen LogP contribution < -0.4 is 10.9 Å². The highest BCUT2D eigenvalue weighted by Crippen LogP contribution is 2.28. The molecule has 0 saturated heterocycles. The average Bonchev–Trinajstić information content (AvgIpc) is 2.90. The van der Waals surface area contributed by atoms with E-state index in [2.05, 4.69) is 10.3 Å².